The molecule has 0 aliphatic carbocycles. The van der Waals surface area contributed by atoms with Crippen molar-refractivity contribution in [1.82, 2.24) is 9.80 Å². The molecule has 154 valence electrons. The number of likely N-dealkylation sites (tertiary alicyclic amines) is 2. The molecule has 2 amide bonds. The minimum Gasteiger partial charge on any atom is -0.383 e. The lowest BCUT2D eigenvalue weighted by Gasteiger charge is -2.51. The zero-order valence-electron chi connectivity index (χ0n) is 17.0. The van der Waals surface area contributed by atoms with Gasteiger partial charge in [0.05, 0.1) is 12.0 Å². The molecule has 2 aliphatic rings. The summed E-state index contributed by atoms with van der Waals surface area (Å²) in [6.07, 6.45) is 4.73. The first-order valence-electron chi connectivity index (χ1n) is 10.3. The van der Waals surface area contributed by atoms with Crippen LogP contribution in [0.4, 0.5) is 0 Å². The lowest BCUT2D eigenvalue weighted by atomic mass is 9.67. The summed E-state index contributed by atoms with van der Waals surface area (Å²) in [6.45, 7) is 4.78. The first-order chi connectivity index (χ1) is 13.5. The van der Waals surface area contributed by atoms with Gasteiger partial charge in [-0.3, -0.25) is 9.59 Å². The number of hydrogen-bond acceptors (Lipinski definition) is 3. The molecule has 5 nitrogen and oxygen atoms in total. The third-order valence-electron chi connectivity index (χ3n) is 6.46. The van der Waals surface area contributed by atoms with Crippen LogP contribution in [0.3, 0.4) is 0 Å². The lowest BCUT2D eigenvalue weighted by Crippen LogP contribution is -2.62. The molecule has 2 atom stereocenters. The third-order valence-corrected chi connectivity index (χ3v) is 6.69. The second kappa shape index (κ2) is 9.27. The summed E-state index contributed by atoms with van der Waals surface area (Å²) >= 11 is 6.05. The fourth-order valence-electron chi connectivity index (χ4n) is 4.84. The van der Waals surface area contributed by atoms with E-state index >= 15 is 0 Å². The number of carbonyl (C=O) groups is 2. The molecule has 3 rings (SSSR count). The second-order valence-electron chi connectivity index (χ2n) is 8.04. The average Bonchev–Trinajstić information content (AvgIpc) is 2.69. The predicted molar refractivity (Wildman–Crippen MR) is 110 cm³/mol. The number of piperidine rings is 2. The van der Waals surface area contributed by atoms with Crippen LogP contribution < -0.4 is 0 Å². The van der Waals surface area contributed by atoms with Crippen LogP contribution >= 0.6 is 11.6 Å². The van der Waals surface area contributed by atoms with Gasteiger partial charge in [-0.05, 0) is 56.7 Å². The topological polar surface area (TPSA) is 49.9 Å². The Morgan fingerprint density at radius 3 is 2.75 bits per heavy atom. The van der Waals surface area contributed by atoms with Gasteiger partial charge in [-0.25, -0.2) is 0 Å². The number of carbonyl (C=O) groups excluding carboxylic acids is 2. The molecule has 1 aromatic carbocycles. The van der Waals surface area contributed by atoms with Crippen LogP contribution in [-0.2, 0) is 20.7 Å². The van der Waals surface area contributed by atoms with E-state index < -0.39 is 5.41 Å². The van der Waals surface area contributed by atoms with Gasteiger partial charge < -0.3 is 14.5 Å². The maximum atomic E-state index is 13.3. The first-order valence-corrected chi connectivity index (χ1v) is 10.7. The second-order valence-corrected chi connectivity index (χ2v) is 8.48. The molecule has 28 heavy (non-hydrogen) atoms. The number of rotatable bonds is 6. The maximum Gasteiger partial charge on any atom is 0.230 e. The molecule has 1 spiro atoms. The maximum absolute atomic E-state index is 13.3. The molecule has 0 radical (unpaired) electrons. The van der Waals surface area contributed by atoms with E-state index in [4.69, 9.17) is 16.3 Å². The number of halogens is 1. The smallest absolute Gasteiger partial charge is 0.230 e. The molecule has 2 fully saturated rings. The normalized spacial score (nSPS) is 25.4. The predicted octanol–water partition coefficient (Wildman–Crippen LogP) is 3.54. The number of methoxy groups -OCH3 is 1. The number of nitrogens with zero attached hydrogens (tertiary/aromatic N) is 2. The first kappa shape index (κ1) is 21.1. The van der Waals surface area contributed by atoms with Crippen molar-refractivity contribution in [3.63, 3.8) is 0 Å². The van der Waals surface area contributed by atoms with Crippen molar-refractivity contribution in [3.05, 3.63) is 34.9 Å². The van der Waals surface area contributed by atoms with Crippen molar-refractivity contribution < 1.29 is 14.3 Å². The highest BCUT2D eigenvalue weighted by atomic mass is 35.5. The lowest BCUT2D eigenvalue weighted by molar-refractivity contribution is -0.160. The Morgan fingerprint density at radius 1 is 1.29 bits per heavy atom. The van der Waals surface area contributed by atoms with Crippen molar-refractivity contribution in [2.24, 2.45) is 5.41 Å². The van der Waals surface area contributed by atoms with Crippen molar-refractivity contribution in [2.75, 3.05) is 33.4 Å². The Labute approximate surface area is 173 Å². The molecule has 0 unspecified atom stereocenters. The van der Waals surface area contributed by atoms with E-state index in [9.17, 15) is 9.59 Å². The number of benzene rings is 1. The number of hydrogen-bond donors (Lipinski definition) is 0. The minimum absolute atomic E-state index is 0.0639. The molecule has 0 N–H and O–H groups in total. The van der Waals surface area contributed by atoms with E-state index in [-0.39, 0.29) is 17.9 Å². The van der Waals surface area contributed by atoms with Gasteiger partial charge in [0, 0.05) is 44.2 Å². The Hall–Kier alpha value is -1.59. The van der Waals surface area contributed by atoms with Crippen LogP contribution in [-0.4, -0.2) is 61.0 Å². The summed E-state index contributed by atoms with van der Waals surface area (Å²) in [5, 5.41) is 0.694. The zero-order chi connectivity index (χ0) is 20.1. The van der Waals surface area contributed by atoms with Gasteiger partial charge in [0.15, 0.2) is 0 Å². The van der Waals surface area contributed by atoms with E-state index in [1.54, 1.807) is 7.11 Å². The fraction of sp³-hybridized carbons (Fsp3) is 0.636. The summed E-state index contributed by atoms with van der Waals surface area (Å²) in [7, 11) is 1.66. The molecular weight excluding hydrogens is 376 g/mol. The van der Waals surface area contributed by atoms with Gasteiger partial charge in [-0.1, -0.05) is 23.7 Å². The standard InChI is InChI=1S/C22H31ClN2O3/c1-17-22(10-4-12-24(21(22)27)14-15-28-2)11-5-13-25(17)20(26)9-8-18-6-3-7-19(23)16-18/h3,6-7,16-17H,4-5,8-15H2,1-2H3/t17-,22-/m0/s1. The molecule has 2 aliphatic heterocycles. The fourth-order valence-corrected chi connectivity index (χ4v) is 5.05. The SMILES string of the molecule is COCCN1CCC[C@@]2(CCCN(C(=O)CCc3cccc(Cl)c3)[C@H]2C)C1=O. The van der Waals surface area contributed by atoms with Crippen molar-refractivity contribution >= 4 is 23.4 Å². The zero-order valence-corrected chi connectivity index (χ0v) is 17.7. The van der Waals surface area contributed by atoms with E-state index in [1.165, 1.54) is 0 Å². The van der Waals surface area contributed by atoms with Crippen LogP contribution in [0.2, 0.25) is 5.02 Å². The molecule has 0 bridgehead atoms. The van der Waals surface area contributed by atoms with Gasteiger partial charge in [0.1, 0.15) is 0 Å². The highest BCUT2D eigenvalue weighted by Gasteiger charge is 2.51. The van der Waals surface area contributed by atoms with Crippen LogP contribution in [0, 0.1) is 5.41 Å². The van der Waals surface area contributed by atoms with E-state index in [2.05, 4.69) is 6.92 Å². The third kappa shape index (κ3) is 4.36. The minimum atomic E-state index is -0.435. The summed E-state index contributed by atoms with van der Waals surface area (Å²) < 4.78 is 5.17. The van der Waals surface area contributed by atoms with Gasteiger partial charge in [0.25, 0.3) is 0 Å². The summed E-state index contributed by atoms with van der Waals surface area (Å²) in [5.41, 5.74) is 0.635. The van der Waals surface area contributed by atoms with Crippen LogP contribution in [0.1, 0.15) is 44.6 Å². The summed E-state index contributed by atoms with van der Waals surface area (Å²) in [6, 6.07) is 7.60. The molecule has 0 aromatic heterocycles. The van der Waals surface area contributed by atoms with Gasteiger partial charge in [-0.2, -0.15) is 0 Å². The average molecular weight is 407 g/mol. The number of amides is 2. The highest BCUT2D eigenvalue weighted by Crippen LogP contribution is 2.44. The van der Waals surface area contributed by atoms with Crippen LogP contribution in [0.15, 0.2) is 24.3 Å². The summed E-state index contributed by atoms with van der Waals surface area (Å²) in [4.78, 5) is 30.2. The van der Waals surface area contributed by atoms with E-state index in [0.29, 0.717) is 31.0 Å². The molecule has 2 saturated heterocycles. The highest BCUT2D eigenvalue weighted by molar-refractivity contribution is 6.30. The van der Waals surface area contributed by atoms with Crippen molar-refractivity contribution in [1.29, 1.82) is 0 Å². The molecule has 2 heterocycles. The van der Waals surface area contributed by atoms with Crippen molar-refractivity contribution in [2.45, 2.75) is 51.5 Å². The Morgan fingerprint density at radius 2 is 2.04 bits per heavy atom. The van der Waals surface area contributed by atoms with E-state index in [0.717, 1.165) is 44.3 Å². The van der Waals surface area contributed by atoms with Gasteiger partial charge in [0.2, 0.25) is 11.8 Å². The summed E-state index contributed by atoms with van der Waals surface area (Å²) in [5.74, 6) is 0.337. The van der Waals surface area contributed by atoms with E-state index in [1.807, 2.05) is 34.1 Å². The largest absolute Gasteiger partial charge is 0.383 e. The van der Waals surface area contributed by atoms with Crippen LogP contribution in [0.5, 0.6) is 0 Å². The molecule has 1 aromatic rings. The number of aryl methyl sites for hydroxylation is 1. The van der Waals surface area contributed by atoms with Gasteiger partial charge in [-0.15, -0.1) is 0 Å². The molecular formula is C22H31ClN2O3. The Bertz CT molecular complexity index is 707. The van der Waals surface area contributed by atoms with Gasteiger partial charge >= 0.3 is 0 Å². The van der Waals surface area contributed by atoms with Crippen LogP contribution in [0.25, 0.3) is 0 Å². The van der Waals surface area contributed by atoms with Crippen molar-refractivity contribution in [3.8, 4) is 0 Å². The molecule has 6 heteroatoms. The quantitative estimate of drug-likeness (QED) is 0.726. The number of ether oxygens (including phenoxy) is 1. The Kier molecular flexibility index (Phi) is 7.00. The molecule has 0 saturated carbocycles. The monoisotopic (exact) mass is 406 g/mol. The Balaban J connectivity index is 1.68.